The van der Waals surface area contributed by atoms with Gasteiger partial charge in [-0.05, 0) is 36.5 Å². The fourth-order valence-corrected chi connectivity index (χ4v) is 4.97. The summed E-state index contributed by atoms with van der Waals surface area (Å²) < 4.78 is 7.26. The largest absolute Gasteiger partial charge is 0.493 e. The maximum absolute atomic E-state index is 12.1. The van der Waals surface area contributed by atoms with Gasteiger partial charge in [-0.3, -0.25) is 14.8 Å². The summed E-state index contributed by atoms with van der Waals surface area (Å²) in [6.45, 7) is 7.43. The molecule has 0 aliphatic carbocycles. The zero-order valence-electron chi connectivity index (χ0n) is 20.7. The number of pyridine rings is 1. The lowest BCUT2D eigenvalue weighted by atomic mass is 9.92. The predicted molar refractivity (Wildman–Crippen MR) is 134 cm³/mol. The Morgan fingerprint density at radius 2 is 1.97 bits per heavy atom. The molecule has 182 valence electrons. The zero-order valence-corrected chi connectivity index (χ0v) is 20.7. The summed E-state index contributed by atoms with van der Waals surface area (Å²) in [4.78, 5) is 18.6. The van der Waals surface area contributed by atoms with E-state index in [0.717, 1.165) is 41.0 Å². The molecule has 2 atom stereocenters. The van der Waals surface area contributed by atoms with Crippen molar-refractivity contribution >= 4 is 11.6 Å². The van der Waals surface area contributed by atoms with Crippen molar-refractivity contribution in [2.24, 2.45) is 0 Å². The number of benzene rings is 1. The standard InChI is InChI=1S/C26H31N7O2/c1-15(2)22-23(30-31-24(22)19-12-21(35-5)25-28-14-29-33(25)13-19)18-8-6-17(7-9-18)16(3)32-11-10-20(32)26(34)27-4/h6-9,12-16,20H,10-11H2,1-5H3,(H,27,34)(H,30,31)/t16-,20?/m0/s1. The maximum atomic E-state index is 12.1. The van der Waals surface area contributed by atoms with E-state index in [1.165, 1.54) is 11.9 Å². The Morgan fingerprint density at radius 1 is 1.20 bits per heavy atom. The molecule has 1 unspecified atom stereocenters. The number of ether oxygens (including phenoxy) is 1. The van der Waals surface area contributed by atoms with E-state index in [1.54, 1.807) is 18.7 Å². The van der Waals surface area contributed by atoms with Crippen LogP contribution in [0.2, 0.25) is 0 Å². The van der Waals surface area contributed by atoms with Crippen molar-refractivity contribution < 1.29 is 9.53 Å². The van der Waals surface area contributed by atoms with Gasteiger partial charge in [0.05, 0.1) is 24.5 Å². The van der Waals surface area contributed by atoms with Crippen molar-refractivity contribution in [1.29, 1.82) is 0 Å². The smallest absolute Gasteiger partial charge is 0.237 e. The van der Waals surface area contributed by atoms with E-state index in [-0.39, 0.29) is 23.9 Å². The van der Waals surface area contributed by atoms with Crippen LogP contribution in [-0.2, 0) is 4.79 Å². The number of rotatable bonds is 7. The highest BCUT2D eigenvalue weighted by molar-refractivity contribution is 5.82. The Labute approximate surface area is 204 Å². The summed E-state index contributed by atoms with van der Waals surface area (Å²) in [5.74, 6) is 0.981. The molecule has 1 aromatic carbocycles. The summed E-state index contributed by atoms with van der Waals surface area (Å²) in [6, 6.07) is 10.6. The second-order valence-corrected chi connectivity index (χ2v) is 9.30. The molecule has 4 heterocycles. The van der Waals surface area contributed by atoms with Crippen molar-refractivity contribution in [3.05, 3.63) is 54.0 Å². The SMILES string of the molecule is CNC(=O)C1CCN1[C@@H](C)c1ccc(-c2[nH]nc(-c3cc(OC)c4ncnn4c3)c2C(C)C)cc1. The molecule has 1 saturated heterocycles. The number of nitrogens with zero attached hydrogens (tertiary/aromatic N) is 5. The first kappa shape index (κ1) is 23.0. The molecular formula is C26H31N7O2. The number of H-pyrrole nitrogens is 1. The van der Waals surface area contributed by atoms with Crippen molar-refractivity contribution in [2.75, 3.05) is 20.7 Å². The van der Waals surface area contributed by atoms with E-state index in [1.807, 2.05) is 12.3 Å². The molecule has 4 aromatic rings. The molecule has 9 heteroatoms. The molecule has 2 N–H and O–H groups in total. The maximum Gasteiger partial charge on any atom is 0.237 e. The van der Waals surface area contributed by atoms with Gasteiger partial charge in [-0.2, -0.15) is 10.2 Å². The molecular weight excluding hydrogens is 442 g/mol. The van der Waals surface area contributed by atoms with E-state index in [4.69, 9.17) is 9.84 Å². The number of likely N-dealkylation sites (tertiary alicyclic amines) is 1. The summed E-state index contributed by atoms with van der Waals surface area (Å²) >= 11 is 0. The first-order valence-corrected chi connectivity index (χ1v) is 12.0. The lowest BCUT2D eigenvalue weighted by Crippen LogP contribution is -2.56. The molecule has 0 bridgehead atoms. The highest BCUT2D eigenvalue weighted by Crippen LogP contribution is 2.38. The lowest BCUT2D eigenvalue weighted by molar-refractivity contribution is -0.132. The van der Waals surface area contributed by atoms with Gasteiger partial charge in [0.2, 0.25) is 5.91 Å². The van der Waals surface area contributed by atoms with Crippen LogP contribution in [-0.4, -0.2) is 62.3 Å². The highest BCUT2D eigenvalue weighted by atomic mass is 16.5. The van der Waals surface area contributed by atoms with E-state index < -0.39 is 0 Å². The Balaban J connectivity index is 1.47. The van der Waals surface area contributed by atoms with Gasteiger partial charge in [0.25, 0.3) is 0 Å². The van der Waals surface area contributed by atoms with Gasteiger partial charge in [-0.25, -0.2) is 9.50 Å². The van der Waals surface area contributed by atoms with Gasteiger partial charge in [0.15, 0.2) is 11.4 Å². The molecule has 9 nitrogen and oxygen atoms in total. The third-order valence-corrected chi connectivity index (χ3v) is 7.01. The number of carbonyl (C=O) groups excluding carboxylic acids is 1. The third-order valence-electron chi connectivity index (χ3n) is 7.01. The average molecular weight is 474 g/mol. The van der Waals surface area contributed by atoms with Crippen LogP contribution in [0.3, 0.4) is 0 Å². The molecule has 0 radical (unpaired) electrons. The second kappa shape index (κ2) is 9.14. The molecule has 0 saturated carbocycles. The van der Waals surface area contributed by atoms with Crippen LogP contribution < -0.4 is 10.1 Å². The highest BCUT2D eigenvalue weighted by Gasteiger charge is 2.37. The van der Waals surface area contributed by atoms with Gasteiger partial charge in [0.1, 0.15) is 6.33 Å². The van der Waals surface area contributed by atoms with E-state index >= 15 is 0 Å². The minimum atomic E-state index is -0.0447. The Kier molecular flexibility index (Phi) is 6.02. The predicted octanol–water partition coefficient (Wildman–Crippen LogP) is 3.80. The van der Waals surface area contributed by atoms with Crippen LogP contribution in [0.5, 0.6) is 5.75 Å². The van der Waals surface area contributed by atoms with E-state index in [0.29, 0.717) is 11.4 Å². The van der Waals surface area contributed by atoms with Gasteiger partial charge in [0, 0.05) is 37.0 Å². The molecule has 1 fully saturated rings. The zero-order chi connectivity index (χ0) is 24.7. The Hall–Kier alpha value is -3.72. The normalized spacial score (nSPS) is 16.9. The molecule has 3 aromatic heterocycles. The number of hydrogen-bond donors (Lipinski definition) is 2. The molecule has 1 amide bonds. The second-order valence-electron chi connectivity index (χ2n) is 9.30. The average Bonchev–Trinajstić information content (AvgIpc) is 3.50. The Morgan fingerprint density at radius 3 is 2.60 bits per heavy atom. The minimum absolute atomic E-state index is 0.0447. The fraction of sp³-hybridized carbons (Fsp3) is 0.385. The van der Waals surface area contributed by atoms with Gasteiger partial charge in [-0.15, -0.1) is 0 Å². The monoisotopic (exact) mass is 473 g/mol. The number of amides is 1. The number of methoxy groups -OCH3 is 1. The van der Waals surface area contributed by atoms with Crippen molar-refractivity contribution in [3.8, 4) is 28.3 Å². The number of fused-ring (bicyclic) bond motifs is 1. The summed E-state index contributed by atoms with van der Waals surface area (Å²) in [5.41, 5.74) is 6.85. The number of aromatic nitrogens is 5. The summed E-state index contributed by atoms with van der Waals surface area (Å²) in [7, 11) is 3.33. The van der Waals surface area contributed by atoms with Crippen LogP contribution in [0.15, 0.2) is 42.9 Å². The van der Waals surface area contributed by atoms with Crippen LogP contribution >= 0.6 is 0 Å². The van der Waals surface area contributed by atoms with Gasteiger partial charge in [-0.1, -0.05) is 38.1 Å². The number of aromatic amines is 1. The van der Waals surface area contributed by atoms with Gasteiger partial charge < -0.3 is 10.1 Å². The van der Waals surface area contributed by atoms with Gasteiger partial charge >= 0.3 is 0 Å². The number of hydrogen-bond acceptors (Lipinski definition) is 6. The molecule has 1 aliphatic rings. The topological polar surface area (TPSA) is 100 Å². The van der Waals surface area contributed by atoms with Crippen molar-refractivity contribution in [3.63, 3.8) is 0 Å². The lowest BCUT2D eigenvalue weighted by Gasteiger charge is -2.43. The molecule has 0 spiro atoms. The minimum Gasteiger partial charge on any atom is -0.493 e. The number of likely N-dealkylation sites (N-methyl/N-ethyl adjacent to an activating group) is 1. The Bertz CT molecular complexity index is 1360. The molecule has 1 aliphatic heterocycles. The van der Waals surface area contributed by atoms with Crippen LogP contribution in [0.25, 0.3) is 28.2 Å². The number of carbonyl (C=O) groups is 1. The van der Waals surface area contributed by atoms with Crippen LogP contribution in [0.4, 0.5) is 0 Å². The first-order chi connectivity index (χ1) is 16.9. The van der Waals surface area contributed by atoms with Crippen molar-refractivity contribution in [1.82, 2.24) is 35.0 Å². The van der Waals surface area contributed by atoms with Crippen LogP contribution in [0.1, 0.15) is 50.3 Å². The fourth-order valence-electron chi connectivity index (χ4n) is 4.97. The van der Waals surface area contributed by atoms with E-state index in [2.05, 4.69) is 70.4 Å². The molecule has 35 heavy (non-hydrogen) atoms. The molecule has 5 rings (SSSR count). The first-order valence-electron chi connectivity index (χ1n) is 12.0. The quantitative estimate of drug-likeness (QED) is 0.424. The van der Waals surface area contributed by atoms with Crippen molar-refractivity contribution in [2.45, 2.75) is 45.2 Å². The summed E-state index contributed by atoms with van der Waals surface area (Å²) in [5, 5.41) is 15.0. The summed E-state index contributed by atoms with van der Waals surface area (Å²) in [6.07, 6.45) is 4.35. The number of nitrogens with one attached hydrogen (secondary N) is 2. The van der Waals surface area contributed by atoms with Crippen LogP contribution in [0, 0.1) is 0 Å². The van der Waals surface area contributed by atoms with E-state index in [9.17, 15) is 4.79 Å². The third kappa shape index (κ3) is 3.95.